The fraction of sp³-hybridized carbons (Fsp3) is 0.600. The Morgan fingerprint density at radius 3 is 2.76 bits per heavy atom. The molecule has 0 fully saturated rings. The van der Waals surface area contributed by atoms with E-state index >= 15 is 0 Å². The zero-order valence-electron chi connectivity index (χ0n) is 10.6. The molecule has 0 radical (unpaired) electrons. The molecule has 6 nitrogen and oxygen atoms in total. The molecule has 0 saturated heterocycles. The van der Waals surface area contributed by atoms with E-state index in [4.69, 9.17) is 0 Å². The molecule has 96 valence electrons. The van der Waals surface area contributed by atoms with Gasteiger partial charge < -0.3 is 10.2 Å². The number of carbonyl (C=O) groups is 1. The van der Waals surface area contributed by atoms with Crippen molar-refractivity contribution in [2.24, 2.45) is 0 Å². The van der Waals surface area contributed by atoms with Gasteiger partial charge in [-0.1, -0.05) is 0 Å². The van der Waals surface area contributed by atoms with Gasteiger partial charge in [0.1, 0.15) is 0 Å². The van der Waals surface area contributed by atoms with E-state index < -0.39 is 0 Å². The molecule has 1 aromatic heterocycles. The molecule has 0 saturated carbocycles. The molecule has 0 spiro atoms. The summed E-state index contributed by atoms with van der Waals surface area (Å²) in [6.07, 6.45) is 0. The first-order valence-electron chi connectivity index (χ1n) is 5.38. The predicted molar refractivity (Wildman–Crippen MR) is 71.4 cm³/mol. The molecule has 0 aliphatic carbocycles. The highest BCUT2D eigenvalue weighted by Crippen LogP contribution is 2.20. The van der Waals surface area contributed by atoms with E-state index in [1.54, 1.807) is 7.05 Å². The van der Waals surface area contributed by atoms with Crippen molar-refractivity contribution < 1.29 is 4.79 Å². The number of nitrogens with zero attached hydrogens (tertiary/aromatic N) is 2. The predicted octanol–water partition coefficient (Wildman–Crippen LogP) is 1.04. The number of H-pyrrole nitrogens is 1. The van der Waals surface area contributed by atoms with Crippen LogP contribution in [0.25, 0.3) is 0 Å². The van der Waals surface area contributed by atoms with Gasteiger partial charge in [0.25, 0.3) is 0 Å². The lowest BCUT2D eigenvalue weighted by Crippen LogP contribution is -2.29. The van der Waals surface area contributed by atoms with Crippen LogP contribution in [0.4, 0.5) is 10.5 Å². The van der Waals surface area contributed by atoms with Crippen LogP contribution in [0, 0.1) is 13.8 Å². The average Bonchev–Trinajstić information content (AvgIpc) is 2.64. The third-order valence-corrected chi connectivity index (χ3v) is 3.11. The van der Waals surface area contributed by atoms with Crippen LogP contribution in [0.3, 0.4) is 0 Å². The molecule has 1 heterocycles. The zero-order valence-corrected chi connectivity index (χ0v) is 11.4. The number of anilines is 1. The number of nitrogens with one attached hydrogen (secondary N) is 3. The summed E-state index contributed by atoms with van der Waals surface area (Å²) in [5.41, 5.74) is 3.19. The summed E-state index contributed by atoms with van der Waals surface area (Å²) in [7, 11) is 3.62. The number of carbonyl (C=O) groups excluding carboxylic acids is 1. The van der Waals surface area contributed by atoms with E-state index in [-0.39, 0.29) is 6.03 Å². The molecule has 3 N–H and O–H groups in total. The lowest BCUT2D eigenvalue weighted by atomic mass is 10.3. The van der Waals surface area contributed by atoms with Gasteiger partial charge in [-0.05, 0) is 25.8 Å². The van der Waals surface area contributed by atoms with Crippen molar-refractivity contribution in [3.8, 4) is 0 Å². The maximum atomic E-state index is 10.9. The second-order valence-corrected chi connectivity index (χ2v) is 4.63. The molecule has 0 aliphatic rings. The summed E-state index contributed by atoms with van der Waals surface area (Å²) < 4.78 is 2.68. The van der Waals surface area contributed by atoms with Gasteiger partial charge >= 0.3 is 6.03 Å². The second-order valence-electron chi connectivity index (χ2n) is 3.73. The Hall–Kier alpha value is -1.37. The number of aromatic nitrogens is 2. The number of aromatic amines is 1. The van der Waals surface area contributed by atoms with Crippen LogP contribution in [-0.2, 0) is 0 Å². The molecule has 1 rings (SSSR count). The highest BCUT2D eigenvalue weighted by molar-refractivity contribution is 7.97. The lowest BCUT2D eigenvalue weighted by Gasteiger charge is -2.19. The van der Waals surface area contributed by atoms with Gasteiger partial charge in [0, 0.05) is 26.4 Å². The Balaban J connectivity index is 2.35. The van der Waals surface area contributed by atoms with Gasteiger partial charge in [0.15, 0.2) is 0 Å². The van der Waals surface area contributed by atoms with Crippen LogP contribution in [0.1, 0.15) is 11.4 Å². The first kappa shape index (κ1) is 13.7. The Bertz CT molecular complexity index is 359. The van der Waals surface area contributed by atoms with Gasteiger partial charge in [-0.2, -0.15) is 5.10 Å². The average molecular weight is 257 g/mol. The standard InChI is InChI=1S/C10H19N5OS/c1-7-9(8(2)13-12-7)15(4)5-6-17-14-10(16)11-3/h5-6H2,1-4H3,(H,12,13)(H2,11,14,16). The van der Waals surface area contributed by atoms with E-state index in [1.807, 2.05) is 20.9 Å². The van der Waals surface area contributed by atoms with E-state index in [1.165, 1.54) is 11.9 Å². The van der Waals surface area contributed by atoms with E-state index in [9.17, 15) is 4.79 Å². The van der Waals surface area contributed by atoms with Gasteiger partial charge in [0.05, 0.1) is 17.1 Å². The fourth-order valence-electron chi connectivity index (χ4n) is 1.57. The summed E-state index contributed by atoms with van der Waals surface area (Å²) in [5.74, 6) is 0.813. The molecule has 0 aliphatic heterocycles. The Labute approximate surface area is 106 Å². The molecular formula is C10H19N5OS. The minimum absolute atomic E-state index is 0.173. The van der Waals surface area contributed by atoms with Gasteiger partial charge in [-0.15, -0.1) is 0 Å². The van der Waals surface area contributed by atoms with Crippen molar-refractivity contribution in [2.75, 3.05) is 31.3 Å². The number of rotatable bonds is 5. The van der Waals surface area contributed by atoms with Gasteiger partial charge in [0.2, 0.25) is 0 Å². The smallest absolute Gasteiger partial charge is 0.324 e. The third-order valence-electron chi connectivity index (χ3n) is 2.39. The highest BCUT2D eigenvalue weighted by Gasteiger charge is 2.10. The molecule has 0 bridgehead atoms. The van der Waals surface area contributed by atoms with Crippen molar-refractivity contribution in [1.82, 2.24) is 20.2 Å². The first-order chi connectivity index (χ1) is 8.06. The number of amides is 2. The van der Waals surface area contributed by atoms with Crippen molar-refractivity contribution in [2.45, 2.75) is 13.8 Å². The maximum Gasteiger partial charge on any atom is 0.324 e. The summed E-state index contributed by atoms with van der Waals surface area (Å²) in [5, 5.41) is 9.61. The fourth-order valence-corrected chi connectivity index (χ4v) is 2.27. The highest BCUT2D eigenvalue weighted by atomic mass is 32.2. The van der Waals surface area contributed by atoms with Crippen molar-refractivity contribution in [3.05, 3.63) is 11.4 Å². The molecule has 7 heteroatoms. The third kappa shape index (κ3) is 3.85. The maximum absolute atomic E-state index is 10.9. The van der Waals surface area contributed by atoms with Crippen LogP contribution >= 0.6 is 11.9 Å². The van der Waals surface area contributed by atoms with Gasteiger partial charge in [-0.25, -0.2) is 4.79 Å². The molecule has 17 heavy (non-hydrogen) atoms. The van der Waals surface area contributed by atoms with E-state index in [0.717, 1.165) is 29.4 Å². The summed E-state index contributed by atoms with van der Waals surface area (Å²) in [6.45, 7) is 4.82. The quantitative estimate of drug-likeness (QED) is 0.544. The van der Waals surface area contributed by atoms with E-state index in [0.29, 0.717) is 0 Å². The molecule has 0 atom stereocenters. The summed E-state index contributed by atoms with van der Waals surface area (Å²) in [6, 6.07) is -0.173. The molecule has 0 unspecified atom stereocenters. The van der Waals surface area contributed by atoms with Crippen LogP contribution in [0.2, 0.25) is 0 Å². The van der Waals surface area contributed by atoms with Crippen LogP contribution in [0.5, 0.6) is 0 Å². The topological polar surface area (TPSA) is 73.1 Å². The number of aryl methyl sites for hydroxylation is 2. The Morgan fingerprint density at radius 2 is 2.24 bits per heavy atom. The van der Waals surface area contributed by atoms with Crippen molar-refractivity contribution >= 4 is 23.7 Å². The second kappa shape index (κ2) is 6.39. The van der Waals surface area contributed by atoms with Gasteiger partial charge in [-0.3, -0.25) is 9.82 Å². The van der Waals surface area contributed by atoms with Crippen molar-refractivity contribution in [1.29, 1.82) is 0 Å². The normalized spacial score (nSPS) is 10.1. The monoisotopic (exact) mass is 257 g/mol. The molecular weight excluding hydrogens is 238 g/mol. The minimum atomic E-state index is -0.173. The minimum Gasteiger partial charge on any atom is -0.371 e. The van der Waals surface area contributed by atoms with E-state index in [2.05, 4.69) is 25.1 Å². The van der Waals surface area contributed by atoms with Crippen molar-refractivity contribution in [3.63, 3.8) is 0 Å². The number of hydrogen-bond donors (Lipinski definition) is 3. The Kier molecular flexibility index (Phi) is 5.14. The first-order valence-corrected chi connectivity index (χ1v) is 6.37. The summed E-state index contributed by atoms with van der Waals surface area (Å²) in [4.78, 5) is 13.1. The van der Waals surface area contributed by atoms with Crippen LogP contribution in [-0.4, -0.2) is 42.6 Å². The summed E-state index contributed by atoms with van der Waals surface area (Å²) >= 11 is 1.39. The largest absolute Gasteiger partial charge is 0.371 e. The number of urea groups is 1. The Morgan fingerprint density at radius 1 is 1.53 bits per heavy atom. The van der Waals surface area contributed by atoms with Crippen LogP contribution < -0.4 is 14.9 Å². The molecule has 1 aromatic rings. The SMILES string of the molecule is CNC(=O)NSCCN(C)c1c(C)n[nH]c1C. The number of hydrogen-bond acceptors (Lipinski definition) is 4. The molecule has 2 amide bonds. The lowest BCUT2D eigenvalue weighted by molar-refractivity contribution is 0.248. The van der Waals surface area contributed by atoms with Crippen LogP contribution in [0.15, 0.2) is 0 Å². The zero-order chi connectivity index (χ0) is 12.8. The molecule has 0 aromatic carbocycles.